The minimum atomic E-state index is -1.52. The summed E-state index contributed by atoms with van der Waals surface area (Å²) in [5, 5.41) is 42.9. The highest BCUT2D eigenvalue weighted by Gasteiger charge is 2.27. The molecule has 0 fully saturated rings. The normalized spacial score (nSPS) is 13.1. The Hall–Kier alpha value is -4.20. The van der Waals surface area contributed by atoms with Crippen molar-refractivity contribution in [1.29, 1.82) is 0 Å². The number of aliphatic carboxylic acids is 3. The molecule has 3 amide bonds. The van der Waals surface area contributed by atoms with Crippen molar-refractivity contribution in [3.05, 3.63) is 29.8 Å². The number of phenols is 1. The third kappa shape index (κ3) is 11.5. The number of amides is 3. The average Bonchev–Trinajstić information content (AvgIpc) is 2.78. The number of carboxylic acid groups (broad SMARTS) is 3. The summed E-state index contributed by atoms with van der Waals surface area (Å²) in [6, 6.07) is 1.64. The Morgan fingerprint density at radius 2 is 1.37 bits per heavy atom. The lowest BCUT2D eigenvalue weighted by molar-refractivity contribution is -0.143. The van der Waals surface area contributed by atoms with Crippen molar-refractivity contribution in [2.45, 2.75) is 50.2 Å². The number of aromatic hydroxyl groups is 1. The second-order valence-corrected chi connectivity index (χ2v) is 7.58. The Balaban J connectivity index is 2.86. The minimum Gasteiger partial charge on any atom is -0.508 e. The van der Waals surface area contributed by atoms with Crippen molar-refractivity contribution in [2.24, 2.45) is 5.73 Å². The van der Waals surface area contributed by atoms with Gasteiger partial charge in [-0.25, -0.2) is 4.79 Å². The number of nitrogens with one attached hydrogen (secondary N) is 3. The van der Waals surface area contributed by atoms with Gasteiger partial charge in [0.05, 0.1) is 12.6 Å². The van der Waals surface area contributed by atoms with Gasteiger partial charge in [-0.1, -0.05) is 12.1 Å². The third-order valence-corrected chi connectivity index (χ3v) is 4.72. The van der Waals surface area contributed by atoms with Gasteiger partial charge < -0.3 is 42.1 Å². The lowest BCUT2D eigenvalue weighted by atomic mass is 10.0. The van der Waals surface area contributed by atoms with E-state index in [4.69, 9.17) is 15.9 Å². The van der Waals surface area contributed by atoms with Gasteiger partial charge in [0.25, 0.3) is 0 Å². The SMILES string of the molecule is NC(CCC(=O)O)C(=O)NCC(=O)NC(Cc1ccc(O)cc1)C(=O)NC(CCC(=O)O)C(=O)O. The molecule has 0 aromatic heterocycles. The molecular weight excluding hydrogens is 468 g/mol. The first-order valence-corrected chi connectivity index (χ1v) is 10.5. The number of benzene rings is 1. The maximum Gasteiger partial charge on any atom is 0.326 e. The smallest absolute Gasteiger partial charge is 0.326 e. The number of hydrogen-bond donors (Lipinski definition) is 8. The molecular formula is C21H28N4O10. The molecule has 1 aromatic rings. The second-order valence-electron chi connectivity index (χ2n) is 7.58. The first kappa shape index (κ1) is 28.8. The zero-order valence-electron chi connectivity index (χ0n) is 18.6. The molecule has 1 aromatic carbocycles. The number of carbonyl (C=O) groups is 6. The van der Waals surface area contributed by atoms with E-state index < -0.39 is 66.7 Å². The van der Waals surface area contributed by atoms with E-state index in [0.29, 0.717) is 5.56 Å². The van der Waals surface area contributed by atoms with Gasteiger partial charge in [0.2, 0.25) is 17.7 Å². The Labute approximate surface area is 199 Å². The number of carboxylic acids is 3. The summed E-state index contributed by atoms with van der Waals surface area (Å²) in [4.78, 5) is 69.8. The predicted molar refractivity (Wildman–Crippen MR) is 118 cm³/mol. The van der Waals surface area contributed by atoms with Crippen LogP contribution >= 0.6 is 0 Å². The average molecular weight is 496 g/mol. The molecule has 0 spiro atoms. The fraction of sp³-hybridized carbons (Fsp3) is 0.429. The highest BCUT2D eigenvalue weighted by Crippen LogP contribution is 2.12. The summed E-state index contributed by atoms with van der Waals surface area (Å²) in [7, 11) is 0. The molecule has 0 aliphatic heterocycles. The van der Waals surface area contributed by atoms with Crippen LogP contribution in [0.5, 0.6) is 5.75 Å². The molecule has 192 valence electrons. The van der Waals surface area contributed by atoms with E-state index >= 15 is 0 Å². The monoisotopic (exact) mass is 496 g/mol. The summed E-state index contributed by atoms with van der Waals surface area (Å²) in [5.41, 5.74) is 6.06. The summed E-state index contributed by atoms with van der Waals surface area (Å²) >= 11 is 0. The number of nitrogens with two attached hydrogens (primary N) is 1. The second kappa shape index (κ2) is 14.1. The summed E-state index contributed by atoms with van der Waals surface area (Å²) < 4.78 is 0. The van der Waals surface area contributed by atoms with E-state index in [-0.39, 0.29) is 31.4 Å². The van der Waals surface area contributed by atoms with Gasteiger partial charge in [-0.05, 0) is 30.5 Å². The van der Waals surface area contributed by atoms with E-state index in [1.807, 2.05) is 0 Å². The molecule has 0 radical (unpaired) electrons. The standard InChI is InChI=1S/C21H28N4O10/c22-13(5-7-17(28)29)19(32)23-10-16(27)24-15(9-11-1-3-12(26)4-2-11)20(33)25-14(21(34)35)6-8-18(30)31/h1-4,13-15,26H,5-10,22H2,(H,23,32)(H,24,27)(H,25,33)(H,28,29)(H,30,31)(H,34,35). The predicted octanol–water partition coefficient (Wildman–Crippen LogP) is -1.84. The Bertz CT molecular complexity index is 935. The fourth-order valence-electron chi connectivity index (χ4n) is 2.83. The van der Waals surface area contributed by atoms with Crippen molar-refractivity contribution in [3.63, 3.8) is 0 Å². The van der Waals surface area contributed by atoms with Crippen molar-refractivity contribution < 1.29 is 49.2 Å². The fourth-order valence-corrected chi connectivity index (χ4v) is 2.83. The van der Waals surface area contributed by atoms with E-state index in [1.54, 1.807) is 0 Å². The lowest BCUT2D eigenvalue weighted by Crippen LogP contribution is -2.54. The first-order chi connectivity index (χ1) is 16.4. The van der Waals surface area contributed by atoms with Gasteiger partial charge in [0.15, 0.2) is 0 Å². The Kier molecular flexibility index (Phi) is 11.7. The van der Waals surface area contributed by atoms with Crippen LogP contribution in [0.15, 0.2) is 24.3 Å². The van der Waals surface area contributed by atoms with Crippen LogP contribution in [0, 0.1) is 0 Å². The third-order valence-electron chi connectivity index (χ3n) is 4.72. The van der Waals surface area contributed by atoms with Gasteiger partial charge in [-0.15, -0.1) is 0 Å². The molecule has 0 bridgehead atoms. The van der Waals surface area contributed by atoms with Gasteiger partial charge in [-0.2, -0.15) is 0 Å². The maximum atomic E-state index is 12.8. The summed E-state index contributed by atoms with van der Waals surface area (Å²) in [6.07, 6.45) is -1.51. The lowest BCUT2D eigenvalue weighted by Gasteiger charge is -2.22. The maximum absolute atomic E-state index is 12.8. The van der Waals surface area contributed by atoms with Crippen molar-refractivity contribution in [3.8, 4) is 5.75 Å². The number of carbonyl (C=O) groups excluding carboxylic acids is 3. The van der Waals surface area contributed by atoms with Gasteiger partial charge >= 0.3 is 17.9 Å². The van der Waals surface area contributed by atoms with Crippen LogP contribution < -0.4 is 21.7 Å². The number of rotatable bonds is 15. The molecule has 0 saturated carbocycles. The van der Waals surface area contributed by atoms with Crippen molar-refractivity contribution in [2.75, 3.05) is 6.54 Å². The molecule has 0 aliphatic carbocycles. The van der Waals surface area contributed by atoms with E-state index in [9.17, 15) is 39.0 Å². The number of phenolic OH excluding ortho intramolecular Hbond substituents is 1. The molecule has 1 rings (SSSR count). The summed E-state index contributed by atoms with van der Waals surface area (Å²) in [5.74, 6) is -6.40. The van der Waals surface area contributed by atoms with Crippen LogP contribution in [0.4, 0.5) is 0 Å². The van der Waals surface area contributed by atoms with Crippen LogP contribution in [0.25, 0.3) is 0 Å². The molecule has 0 heterocycles. The quantitative estimate of drug-likeness (QED) is 0.134. The van der Waals surface area contributed by atoms with Gasteiger partial charge in [0, 0.05) is 19.3 Å². The highest BCUT2D eigenvalue weighted by molar-refractivity contribution is 5.92. The van der Waals surface area contributed by atoms with Gasteiger partial charge in [-0.3, -0.25) is 24.0 Å². The van der Waals surface area contributed by atoms with E-state index in [1.165, 1.54) is 24.3 Å². The van der Waals surface area contributed by atoms with E-state index in [2.05, 4.69) is 16.0 Å². The first-order valence-electron chi connectivity index (χ1n) is 10.5. The molecule has 14 nitrogen and oxygen atoms in total. The van der Waals surface area contributed by atoms with Crippen molar-refractivity contribution >= 4 is 35.6 Å². The molecule has 0 saturated heterocycles. The van der Waals surface area contributed by atoms with Crippen LogP contribution in [0.1, 0.15) is 31.2 Å². The van der Waals surface area contributed by atoms with Crippen LogP contribution in [-0.4, -0.2) is 80.7 Å². The molecule has 3 atom stereocenters. The highest BCUT2D eigenvalue weighted by atomic mass is 16.4. The van der Waals surface area contributed by atoms with Gasteiger partial charge in [0.1, 0.15) is 17.8 Å². The Morgan fingerprint density at radius 1 is 0.800 bits per heavy atom. The zero-order valence-corrected chi connectivity index (χ0v) is 18.6. The topological polar surface area (TPSA) is 245 Å². The summed E-state index contributed by atoms with van der Waals surface area (Å²) in [6.45, 7) is -0.597. The molecule has 0 aliphatic rings. The zero-order chi connectivity index (χ0) is 26.5. The van der Waals surface area contributed by atoms with Crippen molar-refractivity contribution in [1.82, 2.24) is 16.0 Å². The van der Waals surface area contributed by atoms with E-state index in [0.717, 1.165) is 0 Å². The molecule has 35 heavy (non-hydrogen) atoms. The van der Waals surface area contributed by atoms with Crippen LogP contribution in [0.2, 0.25) is 0 Å². The molecule has 9 N–H and O–H groups in total. The number of hydrogen-bond acceptors (Lipinski definition) is 8. The largest absolute Gasteiger partial charge is 0.508 e. The molecule has 3 unspecified atom stereocenters. The minimum absolute atomic E-state index is 0.0413. The van der Waals surface area contributed by atoms with Crippen LogP contribution in [0.3, 0.4) is 0 Å². The Morgan fingerprint density at radius 3 is 1.91 bits per heavy atom. The molecule has 14 heteroatoms. The van der Waals surface area contributed by atoms with Crippen LogP contribution in [-0.2, 0) is 35.2 Å².